The van der Waals surface area contributed by atoms with Crippen LogP contribution in [0.15, 0.2) is 36.4 Å². The van der Waals surface area contributed by atoms with E-state index in [1.54, 1.807) is 24.3 Å². The first-order chi connectivity index (χ1) is 11.5. The number of rotatable bonds is 4. The third kappa shape index (κ3) is 3.11. The number of amides is 1. The lowest BCUT2D eigenvalue weighted by Crippen LogP contribution is -2.34. The van der Waals surface area contributed by atoms with Crippen molar-refractivity contribution in [2.24, 2.45) is 0 Å². The first-order valence-electron chi connectivity index (χ1n) is 7.82. The average molecular weight is 325 g/mol. The van der Waals surface area contributed by atoms with Crippen LogP contribution in [0.25, 0.3) is 0 Å². The molecule has 2 aromatic rings. The zero-order chi connectivity index (χ0) is 17.3. The lowest BCUT2D eigenvalue weighted by Gasteiger charge is -2.17. The molecule has 0 spiro atoms. The summed E-state index contributed by atoms with van der Waals surface area (Å²) in [5.74, 6) is -0.702. The molecule has 2 aromatic carbocycles. The summed E-state index contributed by atoms with van der Waals surface area (Å²) in [4.78, 5) is 24.2. The Hall–Kier alpha value is -2.82. The second kappa shape index (κ2) is 6.35. The molecule has 0 aliphatic carbocycles. The Labute approximate surface area is 140 Å². The molecule has 0 saturated carbocycles. The summed E-state index contributed by atoms with van der Waals surface area (Å²) in [5, 5.41) is 12.2. The Balaban J connectivity index is 1.86. The lowest BCUT2D eigenvalue weighted by molar-refractivity contribution is -0.139. The number of aryl methyl sites for hydroxylation is 2. The van der Waals surface area contributed by atoms with Crippen molar-refractivity contribution in [1.82, 2.24) is 5.32 Å². The van der Waals surface area contributed by atoms with Crippen molar-refractivity contribution >= 4 is 11.9 Å². The van der Waals surface area contributed by atoms with Crippen molar-refractivity contribution in [2.45, 2.75) is 26.3 Å². The van der Waals surface area contributed by atoms with Gasteiger partial charge in [-0.25, -0.2) is 4.79 Å². The molecule has 24 heavy (non-hydrogen) atoms. The van der Waals surface area contributed by atoms with Crippen LogP contribution in [-0.4, -0.2) is 23.6 Å². The Kier molecular flexibility index (Phi) is 4.25. The van der Waals surface area contributed by atoms with Crippen LogP contribution >= 0.6 is 0 Å². The van der Waals surface area contributed by atoms with Gasteiger partial charge in [0.25, 0.3) is 5.91 Å². The van der Waals surface area contributed by atoms with Crippen LogP contribution in [0.4, 0.5) is 0 Å². The number of carboxylic acid groups (broad SMARTS) is 1. The molecule has 1 amide bonds. The van der Waals surface area contributed by atoms with Crippen molar-refractivity contribution in [3.63, 3.8) is 0 Å². The number of carbonyl (C=O) groups is 2. The maximum atomic E-state index is 12.5. The molecule has 1 unspecified atom stereocenters. The molecule has 0 saturated heterocycles. The zero-order valence-corrected chi connectivity index (χ0v) is 13.6. The quantitative estimate of drug-likeness (QED) is 0.906. The van der Waals surface area contributed by atoms with Crippen molar-refractivity contribution in [1.29, 1.82) is 0 Å². The highest BCUT2D eigenvalue weighted by atomic mass is 16.5. The van der Waals surface area contributed by atoms with E-state index in [9.17, 15) is 14.7 Å². The number of benzene rings is 2. The fourth-order valence-corrected chi connectivity index (χ4v) is 2.95. The summed E-state index contributed by atoms with van der Waals surface area (Å²) >= 11 is 0. The van der Waals surface area contributed by atoms with E-state index < -0.39 is 17.9 Å². The van der Waals surface area contributed by atoms with E-state index in [-0.39, 0.29) is 0 Å². The molecule has 0 radical (unpaired) electrons. The Morgan fingerprint density at radius 2 is 1.96 bits per heavy atom. The molecule has 5 nitrogen and oxygen atoms in total. The summed E-state index contributed by atoms with van der Waals surface area (Å²) in [6, 6.07) is 9.60. The molecule has 1 heterocycles. The summed E-state index contributed by atoms with van der Waals surface area (Å²) in [6.07, 6.45) is 0.751. The van der Waals surface area contributed by atoms with Crippen LogP contribution in [0.5, 0.6) is 5.75 Å². The van der Waals surface area contributed by atoms with Crippen molar-refractivity contribution in [3.8, 4) is 5.75 Å². The molecular formula is C19H19NO4. The molecule has 1 aliphatic rings. The second-order valence-corrected chi connectivity index (χ2v) is 6.03. The van der Waals surface area contributed by atoms with Gasteiger partial charge in [0.2, 0.25) is 0 Å². The minimum atomic E-state index is -1.09. The van der Waals surface area contributed by atoms with Gasteiger partial charge in [0.15, 0.2) is 6.04 Å². The molecule has 124 valence electrons. The number of aliphatic carboxylic acids is 1. The molecule has 1 aliphatic heterocycles. The molecule has 1 atom stereocenters. The van der Waals surface area contributed by atoms with Crippen molar-refractivity contribution in [3.05, 3.63) is 64.2 Å². The fraction of sp³-hybridized carbons (Fsp3) is 0.263. The van der Waals surface area contributed by atoms with E-state index in [0.29, 0.717) is 17.7 Å². The first-order valence-corrected chi connectivity index (χ1v) is 7.82. The monoisotopic (exact) mass is 325 g/mol. The van der Waals surface area contributed by atoms with Gasteiger partial charge in [-0.1, -0.05) is 23.8 Å². The number of hydrogen-bond acceptors (Lipinski definition) is 3. The third-order valence-electron chi connectivity index (χ3n) is 4.20. The normalized spacial score (nSPS) is 13.8. The van der Waals surface area contributed by atoms with Gasteiger partial charge >= 0.3 is 5.97 Å². The third-order valence-corrected chi connectivity index (χ3v) is 4.20. The zero-order valence-electron chi connectivity index (χ0n) is 13.6. The SMILES string of the molecule is Cc1ccc(C(=O)NC(C(=O)O)c2ccc3c(c2)CCO3)c(C)c1. The van der Waals surface area contributed by atoms with E-state index in [4.69, 9.17) is 4.74 Å². The Morgan fingerprint density at radius 1 is 1.17 bits per heavy atom. The van der Waals surface area contributed by atoms with Crippen LogP contribution in [0.2, 0.25) is 0 Å². The van der Waals surface area contributed by atoms with Gasteiger partial charge in [0, 0.05) is 12.0 Å². The highest BCUT2D eigenvalue weighted by molar-refractivity contribution is 5.98. The van der Waals surface area contributed by atoms with E-state index in [1.165, 1.54) is 0 Å². The maximum Gasteiger partial charge on any atom is 0.330 e. The number of fused-ring (bicyclic) bond motifs is 1. The minimum Gasteiger partial charge on any atom is -0.493 e. The topological polar surface area (TPSA) is 75.6 Å². The molecule has 3 rings (SSSR count). The molecular weight excluding hydrogens is 306 g/mol. The molecule has 2 N–H and O–H groups in total. The fourth-order valence-electron chi connectivity index (χ4n) is 2.95. The van der Waals surface area contributed by atoms with Gasteiger partial charge in [-0.15, -0.1) is 0 Å². The number of hydrogen-bond donors (Lipinski definition) is 2. The van der Waals surface area contributed by atoms with Crippen LogP contribution < -0.4 is 10.1 Å². The van der Waals surface area contributed by atoms with Gasteiger partial charge in [-0.2, -0.15) is 0 Å². The van der Waals surface area contributed by atoms with Crippen LogP contribution in [0.3, 0.4) is 0 Å². The predicted molar refractivity (Wildman–Crippen MR) is 89.4 cm³/mol. The number of ether oxygens (including phenoxy) is 1. The van der Waals surface area contributed by atoms with E-state index in [1.807, 2.05) is 26.0 Å². The number of nitrogens with one attached hydrogen (secondary N) is 1. The summed E-state index contributed by atoms with van der Waals surface area (Å²) in [5.41, 5.74) is 3.87. The van der Waals surface area contributed by atoms with Gasteiger partial charge in [0.05, 0.1) is 6.61 Å². The van der Waals surface area contributed by atoms with Crippen molar-refractivity contribution in [2.75, 3.05) is 6.61 Å². The smallest absolute Gasteiger partial charge is 0.330 e. The second-order valence-electron chi connectivity index (χ2n) is 6.03. The number of carboxylic acids is 1. The summed E-state index contributed by atoms with van der Waals surface area (Å²) in [6.45, 7) is 4.39. The van der Waals surface area contributed by atoms with E-state index in [2.05, 4.69) is 5.32 Å². The molecule has 0 fully saturated rings. The predicted octanol–water partition coefficient (Wildman–Crippen LogP) is 2.79. The van der Waals surface area contributed by atoms with E-state index >= 15 is 0 Å². The highest BCUT2D eigenvalue weighted by Gasteiger charge is 2.25. The standard InChI is InChI=1S/C19H19NO4/c1-11-3-5-15(12(2)9-11)18(21)20-17(19(22)23)14-4-6-16-13(10-14)7-8-24-16/h3-6,9-10,17H,7-8H2,1-2H3,(H,20,21)(H,22,23). The van der Waals surface area contributed by atoms with E-state index in [0.717, 1.165) is 28.9 Å². The lowest BCUT2D eigenvalue weighted by atomic mass is 10.0. The Bertz CT molecular complexity index is 813. The van der Waals surface area contributed by atoms with Crippen LogP contribution in [0.1, 0.15) is 38.7 Å². The van der Waals surface area contributed by atoms with Crippen LogP contribution in [0, 0.1) is 13.8 Å². The van der Waals surface area contributed by atoms with Gasteiger partial charge in [-0.05, 0) is 48.7 Å². The number of carbonyl (C=O) groups excluding carboxylic acids is 1. The van der Waals surface area contributed by atoms with Crippen LogP contribution in [-0.2, 0) is 11.2 Å². The summed E-state index contributed by atoms with van der Waals surface area (Å²) in [7, 11) is 0. The first kappa shape index (κ1) is 16.1. The van der Waals surface area contributed by atoms with Gasteiger partial charge in [-0.3, -0.25) is 4.79 Å². The largest absolute Gasteiger partial charge is 0.493 e. The van der Waals surface area contributed by atoms with Crippen molar-refractivity contribution < 1.29 is 19.4 Å². The summed E-state index contributed by atoms with van der Waals surface area (Å²) < 4.78 is 5.44. The Morgan fingerprint density at radius 3 is 2.67 bits per heavy atom. The van der Waals surface area contributed by atoms with Gasteiger partial charge < -0.3 is 15.2 Å². The molecule has 0 aromatic heterocycles. The minimum absolute atomic E-state index is 0.392. The average Bonchev–Trinajstić information content (AvgIpc) is 2.99. The highest BCUT2D eigenvalue weighted by Crippen LogP contribution is 2.28. The molecule has 5 heteroatoms. The molecule has 0 bridgehead atoms. The maximum absolute atomic E-state index is 12.5. The van der Waals surface area contributed by atoms with Gasteiger partial charge in [0.1, 0.15) is 5.75 Å².